The van der Waals surface area contributed by atoms with Gasteiger partial charge in [0.05, 0.1) is 78.3 Å². The van der Waals surface area contributed by atoms with Gasteiger partial charge in [-0.25, -0.2) is 0 Å². The maximum absolute atomic E-state index is 11.6. The molecule has 12 rings (SSSR count). The molecule has 0 spiro atoms. The fraction of sp³-hybridized carbons (Fsp3) is 0.415. The summed E-state index contributed by atoms with van der Waals surface area (Å²) < 4.78 is 90.1. The van der Waals surface area contributed by atoms with E-state index < -0.39 is 136 Å². The molecule has 102 heavy (non-hydrogen) atoms. The molecule has 4 heterocycles. The smallest absolute Gasteiger partial charge is 0.190 e. The molecule has 4 saturated heterocycles. The average Bonchev–Trinajstić information content (AvgIpc) is 0.781. The summed E-state index contributed by atoms with van der Waals surface area (Å²) in [6.45, 7) is 4.41. The first-order chi connectivity index (χ1) is 50.1. The Morgan fingerprint density at radius 1 is 0.235 bits per heavy atom. The van der Waals surface area contributed by atoms with Crippen LogP contribution in [0, 0.1) is 0 Å². The second-order valence-electron chi connectivity index (χ2n) is 25.7. The molecule has 0 unspecified atom stereocenters. The van der Waals surface area contributed by atoms with Gasteiger partial charge in [-0.05, 0) is 57.3 Å². The van der Waals surface area contributed by atoms with Gasteiger partial charge in [0.2, 0.25) is 0 Å². The molecule has 0 bridgehead atoms. The van der Waals surface area contributed by atoms with Gasteiger partial charge in [0.1, 0.15) is 85.5 Å². The van der Waals surface area contributed by atoms with E-state index in [2.05, 4.69) is 0 Å². The highest BCUT2D eigenvalue weighted by atomic mass is 16.8. The molecule has 0 amide bonds. The number of hydrogen-bond acceptors (Lipinski definition) is 20. The van der Waals surface area contributed by atoms with Gasteiger partial charge in [-0.2, -0.15) is 0 Å². The molecular formula is C82H96O20. The van der Waals surface area contributed by atoms with Crippen molar-refractivity contribution in [2.24, 2.45) is 0 Å². The molecule has 0 aliphatic carbocycles. The Bertz CT molecular complexity index is 3090. The predicted octanol–water partition coefficient (Wildman–Crippen LogP) is 9.84. The standard InChI is InChI=1S/C42H50O9.C40H46O11/c1-3-33-35(43)37(45-25-29-17-9-5-10-18-29)39(47-27-31-21-13-7-14-22-31)41(49-33)51-42-40(48-28-32-23-15-8-16-24-32)38(36(44)34(4-2)50-42)46-26-30-19-11-6-12-20-30;41-21-31-33(43)35(45-23-27-13-5-1-6-14-27)37(47-25-29-17-9-3-10-18-29)39(49-31)51-40-38(48-26-30-19-11-4-12-20-30)36(34(44)32(22-42)50-40)46-24-28-15-7-2-8-16-28/h5-24,33-44H,3-4,25-28H2,1-2H3;1-20,31-44H,21-26H2/t33-,34-,35-,36-,37+,38+,39-,40-,41-,42-;31-,32-,33-,34-,35+,36+,37-,38-,39-,40-/m11/s1. The minimum Gasteiger partial charge on any atom is -0.394 e. The molecule has 4 aliphatic rings. The predicted molar refractivity (Wildman–Crippen MR) is 376 cm³/mol. The van der Waals surface area contributed by atoms with Crippen LogP contribution >= 0.6 is 0 Å². The molecule has 20 atom stereocenters. The molecular weight excluding hydrogens is 1300 g/mol. The topological polar surface area (TPSA) is 251 Å². The Hall–Kier alpha value is -7.04. The molecule has 0 radical (unpaired) electrons. The molecule has 4 aliphatic heterocycles. The van der Waals surface area contributed by atoms with E-state index >= 15 is 0 Å². The molecule has 20 heteroatoms. The Morgan fingerprint density at radius 2 is 0.392 bits per heavy atom. The summed E-state index contributed by atoms with van der Waals surface area (Å²) >= 11 is 0. The minimum absolute atomic E-state index is 0.136. The van der Waals surface area contributed by atoms with E-state index in [1.54, 1.807) is 0 Å². The van der Waals surface area contributed by atoms with E-state index in [1.807, 2.05) is 257 Å². The summed E-state index contributed by atoms with van der Waals surface area (Å²) in [4.78, 5) is 0. The Morgan fingerprint density at radius 3 is 0.559 bits per heavy atom. The summed E-state index contributed by atoms with van der Waals surface area (Å²) in [6, 6.07) is 77.2. The van der Waals surface area contributed by atoms with E-state index in [4.69, 9.17) is 66.3 Å². The molecule has 8 aromatic carbocycles. The fourth-order valence-corrected chi connectivity index (χ4v) is 12.8. The van der Waals surface area contributed by atoms with Gasteiger partial charge in [-0.3, -0.25) is 0 Å². The Balaban J connectivity index is 0.000000205. The zero-order valence-electron chi connectivity index (χ0n) is 57.5. The van der Waals surface area contributed by atoms with E-state index in [0.717, 1.165) is 44.5 Å². The van der Waals surface area contributed by atoms with E-state index in [-0.39, 0.29) is 52.9 Å². The maximum Gasteiger partial charge on any atom is 0.190 e. The first-order valence-corrected chi connectivity index (χ1v) is 35.2. The van der Waals surface area contributed by atoms with Gasteiger partial charge in [0.25, 0.3) is 0 Å². The van der Waals surface area contributed by atoms with Crippen molar-refractivity contribution in [3.05, 3.63) is 287 Å². The van der Waals surface area contributed by atoms with Crippen LogP contribution in [-0.2, 0) is 119 Å². The monoisotopic (exact) mass is 1400 g/mol. The minimum atomic E-state index is -1.27. The van der Waals surface area contributed by atoms with Crippen molar-refractivity contribution in [2.75, 3.05) is 13.2 Å². The summed E-state index contributed by atoms with van der Waals surface area (Å²) in [6.07, 6.45) is -18.7. The summed E-state index contributed by atoms with van der Waals surface area (Å²) in [5, 5.41) is 66.6. The highest BCUT2D eigenvalue weighted by Crippen LogP contribution is 2.38. The molecule has 8 aromatic rings. The SMILES string of the molecule is CC[C@H]1O[C@H](O[C@H]2O[C@H](CC)[C@@H](O)[C@H](OCc3ccccc3)[C@H]2OCc2ccccc2)[C@H](OCc2ccccc2)[C@@H](OCc2ccccc2)[C@@H]1O.OC[C@H]1O[C@H](O[C@H]2O[C@H](CO)[C@@H](O)[C@H](OCc3ccccc3)[C@H]2OCc2ccccc2)[C@H](OCc2ccccc2)[C@@H](OCc2ccccc2)[C@@H]1O. The van der Waals surface area contributed by atoms with Crippen molar-refractivity contribution >= 4 is 0 Å². The Labute approximate surface area is 597 Å². The number of ether oxygens (including phenoxy) is 14. The Kier molecular flexibility index (Phi) is 29.6. The molecule has 20 nitrogen and oxygen atoms in total. The highest BCUT2D eigenvalue weighted by molar-refractivity contribution is 5.20. The van der Waals surface area contributed by atoms with Crippen molar-refractivity contribution < 1.29 is 97.0 Å². The zero-order valence-corrected chi connectivity index (χ0v) is 57.5. The van der Waals surface area contributed by atoms with Crippen LogP contribution in [0.3, 0.4) is 0 Å². The summed E-state index contributed by atoms with van der Waals surface area (Å²) in [7, 11) is 0. The lowest BCUT2D eigenvalue weighted by Gasteiger charge is -2.48. The molecule has 6 N–H and O–H groups in total. The van der Waals surface area contributed by atoms with Gasteiger partial charge in [-0.1, -0.05) is 257 Å². The van der Waals surface area contributed by atoms with Crippen LogP contribution in [0.1, 0.15) is 71.2 Å². The second-order valence-corrected chi connectivity index (χ2v) is 25.7. The first kappa shape index (κ1) is 76.1. The van der Waals surface area contributed by atoms with Crippen LogP contribution in [0.15, 0.2) is 243 Å². The lowest BCUT2D eigenvalue weighted by atomic mass is 9.95. The zero-order chi connectivity index (χ0) is 70.8. The van der Waals surface area contributed by atoms with Crippen molar-refractivity contribution in [2.45, 2.75) is 202 Å². The van der Waals surface area contributed by atoms with Crippen molar-refractivity contribution in [1.29, 1.82) is 0 Å². The molecule has 0 aromatic heterocycles. The van der Waals surface area contributed by atoms with Crippen LogP contribution in [0.5, 0.6) is 0 Å². The van der Waals surface area contributed by atoms with E-state index in [1.165, 1.54) is 0 Å². The van der Waals surface area contributed by atoms with E-state index in [9.17, 15) is 30.6 Å². The third-order valence-electron chi connectivity index (χ3n) is 18.5. The largest absolute Gasteiger partial charge is 0.394 e. The van der Waals surface area contributed by atoms with Crippen LogP contribution in [0.4, 0.5) is 0 Å². The van der Waals surface area contributed by atoms with E-state index in [0.29, 0.717) is 12.8 Å². The number of aliphatic hydroxyl groups is 6. The summed E-state index contributed by atoms with van der Waals surface area (Å²) in [5.74, 6) is 0. The molecule has 544 valence electrons. The van der Waals surface area contributed by atoms with Crippen LogP contribution < -0.4 is 0 Å². The van der Waals surface area contributed by atoms with Crippen molar-refractivity contribution in [3.63, 3.8) is 0 Å². The van der Waals surface area contributed by atoms with Gasteiger partial charge in [-0.15, -0.1) is 0 Å². The molecule has 0 saturated carbocycles. The number of hydrogen-bond donors (Lipinski definition) is 6. The number of rotatable bonds is 32. The van der Waals surface area contributed by atoms with Crippen LogP contribution in [-0.4, -0.2) is 167 Å². The lowest BCUT2D eigenvalue weighted by molar-refractivity contribution is -0.389. The average molecular weight is 1400 g/mol. The molecule has 4 fully saturated rings. The van der Waals surface area contributed by atoms with Crippen molar-refractivity contribution in [1.82, 2.24) is 0 Å². The third kappa shape index (κ3) is 21.1. The lowest BCUT2D eigenvalue weighted by Crippen LogP contribution is -2.65. The fourth-order valence-electron chi connectivity index (χ4n) is 12.8. The quantitative estimate of drug-likeness (QED) is 0.0229. The maximum atomic E-state index is 11.6. The van der Waals surface area contributed by atoms with Gasteiger partial charge >= 0.3 is 0 Å². The highest BCUT2D eigenvalue weighted by Gasteiger charge is 2.55. The van der Waals surface area contributed by atoms with Gasteiger partial charge < -0.3 is 97.0 Å². The normalized spacial score (nSPS) is 29.5. The second kappa shape index (κ2) is 39.7. The van der Waals surface area contributed by atoms with Gasteiger partial charge in [0.15, 0.2) is 25.2 Å². The first-order valence-electron chi connectivity index (χ1n) is 35.2. The number of benzene rings is 8. The third-order valence-corrected chi connectivity index (χ3v) is 18.5. The number of aliphatic hydroxyl groups excluding tert-OH is 6. The van der Waals surface area contributed by atoms with Crippen molar-refractivity contribution in [3.8, 4) is 0 Å². The van der Waals surface area contributed by atoms with Gasteiger partial charge in [0, 0.05) is 0 Å². The summed E-state index contributed by atoms with van der Waals surface area (Å²) in [5.41, 5.74) is 7.32. The van der Waals surface area contributed by atoms with Crippen LogP contribution in [0.25, 0.3) is 0 Å². The van der Waals surface area contributed by atoms with Crippen LogP contribution in [0.2, 0.25) is 0 Å².